The predicted octanol–water partition coefficient (Wildman–Crippen LogP) is 4.33. The minimum Gasteiger partial charge on any atom is -0.350 e. The van der Waals surface area contributed by atoms with E-state index in [-0.39, 0.29) is 17.9 Å². The maximum atomic E-state index is 13.7. The number of aromatic nitrogens is 2. The minimum absolute atomic E-state index is 0.112. The van der Waals surface area contributed by atoms with E-state index in [1.807, 2.05) is 67.7 Å². The molecule has 0 aliphatic carbocycles. The number of carbonyl (C=O) groups is 2. The summed E-state index contributed by atoms with van der Waals surface area (Å²) in [6.45, 7) is 6.26. The molecule has 3 atom stereocenters. The van der Waals surface area contributed by atoms with E-state index in [0.717, 1.165) is 35.3 Å². The van der Waals surface area contributed by atoms with Gasteiger partial charge < -0.3 is 19.7 Å². The smallest absolute Gasteiger partial charge is 0.255 e. The Bertz CT molecular complexity index is 1290. The quantitative estimate of drug-likeness (QED) is 0.520. The Labute approximate surface area is 221 Å². The number of nitrogens with one attached hydrogen (secondary N) is 1. The lowest BCUT2D eigenvalue weighted by molar-refractivity contribution is -0.163. The van der Waals surface area contributed by atoms with Gasteiger partial charge in [-0.2, -0.15) is 5.10 Å². The van der Waals surface area contributed by atoms with Crippen molar-refractivity contribution < 1.29 is 19.1 Å². The van der Waals surface area contributed by atoms with E-state index < -0.39 is 18.0 Å². The number of benzene rings is 2. The Kier molecular flexibility index (Phi) is 7.07. The lowest BCUT2D eigenvalue weighted by Gasteiger charge is -2.28. The van der Waals surface area contributed by atoms with Crippen LogP contribution in [0, 0.1) is 6.92 Å². The molecule has 0 radical (unpaired) electrons. The molecule has 0 saturated carbocycles. The molecular formula is C28H31ClN4O4. The number of halogens is 1. The molecule has 37 heavy (non-hydrogen) atoms. The van der Waals surface area contributed by atoms with Crippen LogP contribution < -0.4 is 5.32 Å². The van der Waals surface area contributed by atoms with Gasteiger partial charge in [0.2, 0.25) is 0 Å². The fourth-order valence-corrected chi connectivity index (χ4v) is 5.20. The van der Waals surface area contributed by atoms with Crippen LogP contribution in [0.15, 0.2) is 60.8 Å². The van der Waals surface area contributed by atoms with Crippen molar-refractivity contribution in [1.29, 1.82) is 0 Å². The average molecular weight is 523 g/mol. The molecule has 8 nitrogen and oxygen atoms in total. The second kappa shape index (κ2) is 10.3. The van der Waals surface area contributed by atoms with Crippen LogP contribution in [0.1, 0.15) is 49.6 Å². The molecule has 2 aliphatic heterocycles. The standard InChI is InChI=1S/C28H31ClN4O4/c1-18-13-15-33(31-18)22-11-9-19(10-12-22)17-30-26(34)24-25(37-28(2,3)36-24)27(35)32-14-5-8-23(32)20-6-4-7-21(29)16-20/h4,6-7,9-13,15-16,23-25H,5,8,14,17H2,1-3H3,(H,30,34)/t23?,24-,25-/m1/s1. The average Bonchev–Trinajstić information content (AvgIpc) is 3.61. The van der Waals surface area contributed by atoms with Gasteiger partial charge in [-0.15, -0.1) is 0 Å². The summed E-state index contributed by atoms with van der Waals surface area (Å²) in [7, 11) is 0. The van der Waals surface area contributed by atoms with E-state index in [2.05, 4.69) is 10.4 Å². The van der Waals surface area contributed by atoms with Gasteiger partial charge in [-0.25, -0.2) is 4.68 Å². The van der Waals surface area contributed by atoms with Crippen molar-refractivity contribution in [2.24, 2.45) is 0 Å². The third kappa shape index (κ3) is 5.56. The van der Waals surface area contributed by atoms with Crippen LogP contribution in [0.2, 0.25) is 5.02 Å². The SMILES string of the molecule is Cc1ccn(-c2ccc(CNC(=O)[C@@H]3OC(C)(C)O[C@H]3C(=O)N3CCCC3c3cccc(Cl)c3)cc2)n1. The summed E-state index contributed by atoms with van der Waals surface area (Å²) in [5.74, 6) is -1.68. The number of hydrogen-bond acceptors (Lipinski definition) is 5. The van der Waals surface area contributed by atoms with Gasteiger partial charge in [-0.1, -0.05) is 35.9 Å². The molecular weight excluding hydrogens is 492 g/mol. The first-order valence-electron chi connectivity index (χ1n) is 12.5. The number of likely N-dealkylation sites (tertiary alicyclic amines) is 1. The Hall–Kier alpha value is -3.20. The number of rotatable bonds is 6. The van der Waals surface area contributed by atoms with Gasteiger partial charge in [-0.05, 0) is 75.1 Å². The molecule has 2 aromatic carbocycles. The van der Waals surface area contributed by atoms with E-state index in [0.29, 0.717) is 18.1 Å². The highest BCUT2D eigenvalue weighted by atomic mass is 35.5. The number of carbonyl (C=O) groups excluding carboxylic acids is 2. The van der Waals surface area contributed by atoms with Crippen molar-refractivity contribution in [2.45, 2.75) is 64.2 Å². The zero-order valence-corrected chi connectivity index (χ0v) is 21.9. The van der Waals surface area contributed by atoms with Crippen molar-refractivity contribution in [1.82, 2.24) is 20.0 Å². The van der Waals surface area contributed by atoms with Crippen LogP contribution in [0.25, 0.3) is 5.69 Å². The molecule has 1 aromatic heterocycles. The summed E-state index contributed by atoms with van der Waals surface area (Å²) in [6, 6.07) is 17.2. The van der Waals surface area contributed by atoms with E-state index in [4.69, 9.17) is 21.1 Å². The first-order valence-corrected chi connectivity index (χ1v) is 12.9. The number of amides is 2. The second-order valence-electron chi connectivity index (χ2n) is 10.0. The van der Waals surface area contributed by atoms with Gasteiger partial charge in [0.15, 0.2) is 18.0 Å². The zero-order chi connectivity index (χ0) is 26.2. The summed E-state index contributed by atoms with van der Waals surface area (Å²) < 4.78 is 13.7. The highest BCUT2D eigenvalue weighted by molar-refractivity contribution is 6.30. The third-order valence-electron chi connectivity index (χ3n) is 6.76. The Morgan fingerprint density at radius 2 is 1.86 bits per heavy atom. The number of hydrogen-bond donors (Lipinski definition) is 1. The van der Waals surface area contributed by atoms with Crippen LogP contribution in [0.5, 0.6) is 0 Å². The molecule has 194 valence electrons. The molecule has 3 aromatic rings. The fourth-order valence-electron chi connectivity index (χ4n) is 5.00. The van der Waals surface area contributed by atoms with Gasteiger partial charge in [0, 0.05) is 24.3 Å². The lowest BCUT2D eigenvalue weighted by Crippen LogP contribution is -2.49. The van der Waals surface area contributed by atoms with Gasteiger partial charge in [0.25, 0.3) is 11.8 Å². The van der Waals surface area contributed by atoms with Crippen LogP contribution >= 0.6 is 11.6 Å². The van der Waals surface area contributed by atoms with Crippen LogP contribution in [0.4, 0.5) is 0 Å². The lowest BCUT2D eigenvalue weighted by atomic mass is 10.0. The zero-order valence-electron chi connectivity index (χ0n) is 21.2. The summed E-state index contributed by atoms with van der Waals surface area (Å²) in [5, 5.41) is 7.95. The maximum absolute atomic E-state index is 13.7. The monoisotopic (exact) mass is 522 g/mol. The number of nitrogens with zero attached hydrogens (tertiary/aromatic N) is 3. The van der Waals surface area contributed by atoms with E-state index in [9.17, 15) is 9.59 Å². The molecule has 2 saturated heterocycles. The highest BCUT2D eigenvalue weighted by Crippen LogP contribution is 2.37. The molecule has 2 fully saturated rings. The van der Waals surface area contributed by atoms with Crippen LogP contribution in [-0.4, -0.2) is 51.0 Å². The molecule has 5 rings (SSSR count). The Morgan fingerprint density at radius 3 is 2.57 bits per heavy atom. The molecule has 1 unspecified atom stereocenters. The van der Waals surface area contributed by atoms with Crippen molar-refractivity contribution >= 4 is 23.4 Å². The van der Waals surface area contributed by atoms with Crippen molar-refractivity contribution in [3.63, 3.8) is 0 Å². The Morgan fingerprint density at radius 1 is 1.11 bits per heavy atom. The maximum Gasteiger partial charge on any atom is 0.255 e. The summed E-state index contributed by atoms with van der Waals surface area (Å²) in [5.41, 5.74) is 3.77. The molecule has 1 N–H and O–H groups in total. The molecule has 2 aliphatic rings. The topological polar surface area (TPSA) is 85.7 Å². The summed E-state index contributed by atoms with van der Waals surface area (Å²) in [6.07, 6.45) is 1.52. The summed E-state index contributed by atoms with van der Waals surface area (Å²) in [4.78, 5) is 28.7. The van der Waals surface area contributed by atoms with Gasteiger partial charge >= 0.3 is 0 Å². The highest BCUT2D eigenvalue weighted by Gasteiger charge is 2.51. The fraction of sp³-hybridized carbons (Fsp3) is 0.393. The number of ether oxygens (including phenoxy) is 2. The minimum atomic E-state index is -1.06. The van der Waals surface area contributed by atoms with E-state index in [1.54, 1.807) is 23.4 Å². The normalized spacial score (nSPS) is 22.8. The van der Waals surface area contributed by atoms with Gasteiger partial charge in [0.05, 0.1) is 17.4 Å². The molecule has 0 bridgehead atoms. The third-order valence-corrected chi connectivity index (χ3v) is 6.99. The van der Waals surface area contributed by atoms with Gasteiger partial charge in [-0.3, -0.25) is 9.59 Å². The van der Waals surface area contributed by atoms with Crippen molar-refractivity contribution in [3.05, 3.63) is 82.6 Å². The van der Waals surface area contributed by atoms with Crippen LogP contribution in [-0.2, 0) is 25.6 Å². The molecule has 2 amide bonds. The predicted molar refractivity (Wildman–Crippen MR) is 139 cm³/mol. The molecule has 0 spiro atoms. The Balaban J connectivity index is 1.26. The summed E-state index contributed by atoms with van der Waals surface area (Å²) >= 11 is 6.20. The van der Waals surface area contributed by atoms with Gasteiger partial charge in [0.1, 0.15) is 0 Å². The second-order valence-corrected chi connectivity index (χ2v) is 10.4. The van der Waals surface area contributed by atoms with Crippen molar-refractivity contribution in [3.8, 4) is 5.69 Å². The first-order chi connectivity index (χ1) is 17.7. The van der Waals surface area contributed by atoms with Crippen LogP contribution in [0.3, 0.4) is 0 Å². The van der Waals surface area contributed by atoms with Crippen molar-refractivity contribution in [2.75, 3.05) is 6.54 Å². The molecule has 3 heterocycles. The number of aryl methyl sites for hydroxylation is 1. The first kappa shape index (κ1) is 25.4. The largest absolute Gasteiger partial charge is 0.350 e. The molecule has 9 heteroatoms. The van der Waals surface area contributed by atoms with E-state index in [1.165, 1.54) is 0 Å². The van der Waals surface area contributed by atoms with E-state index >= 15 is 0 Å².